The number of nitrogens with zero attached hydrogens (tertiary/aromatic N) is 2. The Balaban J connectivity index is 1.74. The lowest BCUT2D eigenvalue weighted by Crippen LogP contribution is -2.60. The molecule has 1 fully saturated rings. The second-order valence-electron chi connectivity index (χ2n) is 5.82. The van der Waals surface area contributed by atoms with E-state index in [0.29, 0.717) is 32.7 Å². The van der Waals surface area contributed by atoms with Gasteiger partial charge in [-0.1, -0.05) is 0 Å². The van der Waals surface area contributed by atoms with E-state index in [1.54, 1.807) is 6.33 Å². The van der Waals surface area contributed by atoms with Gasteiger partial charge in [0.05, 0.1) is 42.5 Å². The molecular formula is C13H20N4O2. The van der Waals surface area contributed by atoms with Gasteiger partial charge >= 0.3 is 0 Å². The van der Waals surface area contributed by atoms with Crippen LogP contribution >= 0.6 is 0 Å². The minimum absolute atomic E-state index is 0.155. The maximum absolute atomic E-state index is 12.7. The first-order chi connectivity index (χ1) is 9.08. The highest BCUT2D eigenvalue weighted by atomic mass is 16.5. The molecular weight excluding hydrogens is 244 g/mol. The fraction of sp³-hybridized carbons (Fsp3) is 0.692. The monoisotopic (exact) mass is 264 g/mol. The van der Waals surface area contributed by atoms with Crippen molar-refractivity contribution < 1.29 is 9.53 Å². The first kappa shape index (κ1) is 12.6. The van der Waals surface area contributed by atoms with Crippen molar-refractivity contribution in [1.82, 2.24) is 20.2 Å². The molecule has 1 saturated heterocycles. The Morgan fingerprint density at radius 3 is 3.21 bits per heavy atom. The number of carbonyl (C=O) groups is 1. The SMILES string of the molecule is CC1(C)COCCN1C(=O)C1Cc2nc[nH]c2CN1. The van der Waals surface area contributed by atoms with Gasteiger partial charge in [0, 0.05) is 19.5 Å². The molecule has 0 bridgehead atoms. The number of H-pyrrole nitrogens is 1. The fourth-order valence-corrected chi connectivity index (χ4v) is 2.80. The van der Waals surface area contributed by atoms with Crippen LogP contribution in [0.5, 0.6) is 0 Å². The molecule has 1 atom stereocenters. The van der Waals surface area contributed by atoms with Crippen LogP contribution in [-0.4, -0.2) is 52.1 Å². The quantitative estimate of drug-likeness (QED) is 0.752. The molecule has 2 aliphatic rings. The summed E-state index contributed by atoms with van der Waals surface area (Å²) in [5.74, 6) is 0.155. The van der Waals surface area contributed by atoms with Crippen LogP contribution in [0, 0.1) is 0 Å². The number of imidazole rings is 1. The first-order valence-corrected chi connectivity index (χ1v) is 6.72. The van der Waals surface area contributed by atoms with Gasteiger partial charge in [-0.3, -0.25) is 10.1 Å². The van der Waals surface area contributed by atoms with Crippen LogP contribution in [0.2, 0.25) is 0 Å². The van der Waals surface area contributed by atoms with Gasteiger partial charge in [0.2, 0.25) is 5.91 Å². The molecule has 3 heterocycles. The van der Waals surface area contributed by atoms with Gasteiger partial charge in [-0.25, -0.2) is 4.98 Å². The Hall–Kier alpha value is -1.40. The van der Waals surface area contributed by atoms with Crippen LogP contribution < -0.4 is 5.32 Å². The average Bonchev–Trinajstić information content (AvgIpc) is 2.84. The zero-order chi connectivity index (χ0) is 13.5. The number of morpholine rings is 1. The summed E-state index contributed by atoms with van der Waals surface area (Å²) in [6.45, 7) is 6.66. The molecule has 2 N–H and O–H groups in total. The summed E-state index contributed by atoms with van der Waals surface area (Å²) in [6.07, 6.45) is 2.35. The van der Waals surface area contributed by atoms with Crippen LogP contribution in [0.25, 0.3) is 0 Å². The van der Waals surface area contributed by atoms with Crippen LogP contribution in [0.15, 0.2) is 6.33 Å². The van der Waals surface area contributed by atoms with E-state index in [1.807, 2.05) is 18.7 Å². The topological polar surface area (TPSA) is 70.2 Å². The second-order valence-corrected chi connectivity index (χ2v) is 5.82. The van der Waals surface area contributed by atoms with Crippen LogP contribution in [0.4, 0.5) is 0 Å². The molecule has 0 spiro atoms. The van der Waals surface area contributed by atoms with Gasteiger partial charge in [0.15, 0.2) is 0 Å². The minimum atomic E-state index is -0.233. The normalized spacial score (nSPS) is 26.0. The average molecular weight is 264 g/mol. The predicted octanol–water partition coefficient (Wildman–Crippen LogP) is 0.0614. The molecule has 0 radical (unpaired) electrons. The van der Waals surface area contributed by atoms with E-state index < -0.39 is 0 Å². The zero-order valence-corrected chi connectivity index (χ0v) is 11.4. The summed E-state index contributed by atoms with van der Waals surface area (Å²) in [5, 5.41) is 3.29. The molecule has 2 aliphatic heterocycles. The number of fused-ring (bicyclic) bond motifs is 1. The van der Waals surface area contributed by atoms with Gasteiger partial charge in [-0.2, -0.15) is 0 Å². The molecule has 6 nitrogen and oxygen atoms in total. The molecule has 104 valence electrons. The zero-order valence-electron chi connectivity index (χ0n) is 11.4. The first-order valence-electron chi connectivity index (χ1n) is 6.72. The van der Waals surface area contributed by atoms with Crippen LogP contribution in [-0.2, 0) is 22.5 Å². The number of amides is 1. The second kappa shape index (κ2) is 4.61. The van der Waals surface area contributed by atoms with E-state index in [2.05, 4.69) is 15.3 Å². The number of hydrogen-bond acceptors (Lipinski definition) is 4. The highest BCUT2D eigenvalue weighted by Gasteiger charge is 2.38. The van der Waals surface area contributed by atoms with Gasteiger partial charge in [-0.05, 0) is 13.8 Å². The Bertz CT molecular complexity index is 483. The minimum Gasteiger partial charge on any atom is -0.377 e. The summed E-state index contributed by atoms with van der Waals surface area (Å²) in [5.41, 5.74) is 1.86. The number of carbonyl (C=O) groups excluding carboxylic acids is 1. The van der Waals surface area contributed by atoms with Crippen molar-refractivity contribution in [3.8, 4) is 0 Å². The highest BCUT2D eigenvalue weighted by Crippen LogP contribution is 2.22. The standard InChI is InChI=1S/C13H20N4O2/c1-13(2)7-19-4-3-17(13)12(18)10-5-9-11(6-14-10)16-8-15-9/h8,10,14H,3-7H2,1-2H3,(H,15,16). The van der Waals surface area contributed by atoms with E-state index in [4.69, 9.17) is 4.74 Å². The van der Waals surface area contributed by atoms with E-state index in [0.717, 1.165) is 11.4 Å². The third kappa shape index (κ3) is 2.26. The molecule has 1 aromatic rings. The number of aromatic nitrogens is 2. The number of hydrogen-bond donors (Lipinski definition) is 2. The van der Waals surface area contributed by atoms with Gasteiger partial charge in [-0.15, -0.1) is 0 Å². The van der Waals surface area contributed by atoms with E-state index in [-0.39, 0.29) is 17.5 Å². The lowest BCUT2D eigenvalue weighted by molar-refractivity contribution is -0.148. The van der Waals surface area contributed by atoms with Gasteiger partial charge < -0.3 is 14.6 Å². The maximum atomic E-state index is 12.7. The summed E-state index contributed by atoms with van der Waals surface area (Å²) in [6, 6.07) is -0.173. The third-order valence-electron chi connectivity index (χ3n) is 3.94. The van der Waals surface area contributed by atoms with Crippen molar-refractivity contribution in [2.45, 2.75) is 38.4 Å². The summed E-state index contributed by atoms with van der Waals surface area (Å²) in [4.78, 5) is 22.0. The molecule has 3 rings (SSSR count). The molecule has 1 amide bonds. The van der Waals surface area contributed by atoms with Crippen molar-refractivity contribution in [1.29, 1.82) is 0 Å². The van der Waals surface area contributed by atoms with E-state index >= 15 is 0 Å². The van der Waals surface area contributed by atoms with Crippen LogP contribution in [0.1, 0.15) is 25.2 Å². The van der Waals surface area contributed by atoms with E-state index in [1.165, 1.54) is 0 Å². The summed E-state index contributed by atoms with van der Waals surface area (Å²) < 4.78 is 5.46. The van der Waals surface area contributed by atoms with Crippen molar-refractivity contribution >= 4 is 5.91 Å². The Kier molecular flexibility index (Phi) is 3.06. The van der Waals surface area contributed by atoms with Gasteiger partial charge in [0.1, 0.15) is 0 Å². The molecule has 6 heteroatoms. The number of rotatable bonds is 1. The van der Waals surface area contributed by atoms with E-state index in [9.17, 15) is 4.79 Å². The summed E-state index contributed by atoms with van der Waals surface area (Å²) >= 11 is 0. The number of aromatic amines is 1. The molecule has 1 unspecified atom stereocenters. The molecule has 19 heavy (non-hydrogen) atoms. The molecule has 0 aromatic carbocycles. The Morgan fingerprint density at radius 2 is 2.42 bits per heavy atom. The van der Waals surface area contributed by atoms with Crippen molar-refractivity contribution in [3.63, 3.8) is 0 Å². The van der Waals surface area contributed by atoms with Crippen molar-refractivity contribution in [2.75, 3.05) is 19.8 Å². The smallest absolute Gasteiger partial charge is 0.240 e. The predicted molar refractivity (Wildman–Crippen MR) is 69.5 cm³/mol. The lowest BCUT2D eigenvalue weighted by atomic mass is 9.98. The molecule has 1 aromatic heterocycles. The van der Waals surface area contributed by atoms with Crippen molar-refractivity contribution in [2.24, 2.45) is 0 Å². The molecule has 0 aliphatic carbocycles. The molecule has 0 saturated carbocycles. The third-order valence-corrected chi connectivity index (χ3v) is 3.94. The number of nitrogens with one attached hydrogen (secondary N) is 2. The summed E-state index contributed by atoms with van der Waals surface area (Å²) in [7, 11) is 0. The maximum Gasteiger partial charge on any atom is 0.240 e. The van der Waals surface area contributed by atoms with Gasteiger partial charge in [0.25, 0.3) is 0 Å². The Labute approximate surface area is 112 Å². The largest absolute Gasteiger partial charge is 0.377 e. The Morgan fingerprint density at radius 1 is 1.58 bits per heavy atom. The van der Waals surface area contributed by atoms with Crippen molar-refractivity contribution in [3.05, 3.63) is 17.7 Å². The lowest BCUT2D eigenvalue weighted by Gasteiger charge is -2.44. The highest BCUT2D eigenvalue weighted by molar-refractivity contribution is 5.83. The van der Waals surface area contributed by atoms with Crippen LogP contribution in [0.3, 0.4) is 0 Å². The fourth-order valence-electron chi connectivity index (χ4n) is 2.80. The number of ether oxygens (including phenoxy) is 1.